The van der Waals surface area contributed by atoms with E-state index in [9.17, 15) is 4.79 Å². The fourth-order valence-corrected chi connectivity index (χ4v) is 4.81. The Bertz CT molecular complexity index is 968. The van der Waals surface area contributed by atoms with Crippen LogP contribution in [0.4, 0.5) is 5.69 Å². The standard InChI is InChI=1S/C20H20N4OS2/c1-14-7-9-15(10-8-14)19-21-22-20(23(19)2)27-13-18(25)24-11-12-26-17-6-4-3-5-16(17)24/h3-10H,11-13H2,1-2H3. The van der Waals surface area contributed by atoms with Crippen LogP contribution >= 0.6 is 23.5 Å². The number of amides is 1. The van der Waals surface area contributed by atoms with Gasteiger partial charge in [0.05, 0.1) is 11.4 Å². The van der Waals surface area contributed by atoms with Gasteiger partial charge in [0, 0.05) is 29.8 Å². The summed E-state index contributed by atoms with van der Waals surface area (Å²) in [6.45, 7) is 2.80. The highest BCUT2D eigenvalue weighted by molar-refractivity contribution is 8.00. The number of rotatable bonds is 4. The van der Waals surface area contributed by atoms with E-state index in [4.69, 9.17) is 0 Å². The summed E-state index contributed by atoms with van der Waals surface area (Å²) in [5.74, 6) is 2.19. The van der Waals surface area contributed by atoms with Gasteiger partial charge in [-0.1, -0.05) is 53.7 Å². The quantitative estimate of drug-likeness (QED) is 0.624. The molecule has 0 N–H and O–H groups in total. The Hall–Kier alpha value is -2.25. The molecule has 0 saturated carbocycles. The highest BCUT2D eigenvalue weighted by Gasteiger charge is 2.23. The second-order valence-corrected chi connectivity index (χ2v) is 8.46. The highest BCUT2D eigenvalue weighted by Crippen LogP contribution is 2.35. The lowest BCUT2D eigenvalue weighted by Gasteiger charge is -2.28. The minimum absolute atomic E-state index is 0.104. The highest BCUT2D eigenvalue weighted by atomic mass is 32.2. The molecule has 0 radical (unpaired) electrons. The van der Waals surface area contributed by atoms with Crippen molar-refractivity contribution in [3.05, 3.63) is 54.1 Å². The van der Waals surface area contributed by atoms with E-state index in [0.717, 1.165) is 34.5 Å². The van der Waals surface area contributed by atoms with E-state index in [-0.39, 0.29) is 5.91 Å². The largest absolute Gasteiger partial charge is 0.310 e. The molecule has 0 spiro atoms. The van der Waals surface area contributed by atoms with Crippen molar-refractivity contribution < 1.29 is 4.79 Å². The molecule has 0 unspecified atom stereocenters. The van der Waals surface area contributed by atoms with Gasteiger partial charge in [-0.05, 0) is 19.1 Å². The summed E-state index contributed by atoms with van der Waals surface area (Å²) in [4.78, 5) is 15.9. The Kier molecular flexibility index (Phi) is 5.22. The van der Waals surface area contributed by atoms with Crippen LogP contribution in [-0.2, 0) is 11.8 Å². The summed E-state index contributed by atoms with van der Waals surface area (Å²) in [6, 6.07) is 16.3. The maximum absolute atomic E-state index is 12.8. The van der Waals surface area contributed by atoms with E-state index >= 15 is 0 Å². The van der Waals surface area contributed by atoms with E-state index in [1.54, 1.807) is 11.8 Å². The zero-order valence-electron chi connectivity index (χ0n) is 15.3. The molecule has 0 fully saturated rings. The molecule has 5 nitrogen and oxygen atoms in total. The fraction of sp³-hybridized carbons (Fsp3) is 0.250. The third-order valence-corrected chi connectivity index (χ3v) is 6.55. The van der Waals surface area contributed by atoms with Crippen LogP contribution in [0.2, 0.25) is 0 Å². The molecule has 138 valence electrons. The molecule has 27 heavy (non-hydrogen) atoms. The van der Waals surface area contributed by atoms with E-state index in [1.807, 2.05) is 46.8 Å². The number of para-hydroxylation sites is 1. The smallest absolute Gasteiger partial charge is 0.237 e. The predicted octanol–water partition coefficient (Wildman–Crippen LogP) is 4.02. The van der Waals surface area contributed by atoms with Gasteiger partial charge in [-0.2, -0.15) is 0 Å². The third-order valence-electron chi connectivity index (χ3n) is 4.50. The molecule has 2 heterocycles. The Morgan fingerprint density at radius 2 is 1.93 bits per heavy atom. The van der Waals surface area contributed by atoms with E-state index in [1.165, 1.54) is 22.2 Å². The third kappa shape index (κ3) is 3.75. The van der Waals surface area contributed by atoms with Gasteiger partial charge >= 0.3 is 0 Å². The first-order valence-corrected chi connectivity index (χ1v) is 10.7. The normalized spacial score (nSPS) is 13.5. The lowest BCUT2D eigenvalue weighted by Crippen LogP contribution is -2.36. The summed E-state index contributed by atoms with van der Waals surface area (Å²) in [6.07, 6.45) is 0. The van der Waals surface area contributed by atoms with Crippen molar-refractivity contribution in [1.82, 2.24) is 14.8 Å². The van der Waals surface area contributed by atoms with Gasteiger partial charge in [0.25, 0.3) is 0 Å². The monoisotopic (exact) mass is 396 g/mol. The maximum atomic E-state index is 12.8. The number of anilines is 1. The van der Waals surface area contributed by atoms with E-state index in [2.05, 4.69) is 35.3 Å². The van der Waals surface area contributed by atoms with Crippen molar-refractivity contribution >= 4 is 35.1 Å². The number of aryl methyl sites for hydroxylation is 1. The van der Waals surface area contributed by atoms with Crippen molar-refractivity contribution in [3.63, 3.8) is 0 Å². The number of hydrogen-bond donors (Lipinski definition) is 0. The van der Waals surface area contributed by atoms with Gasteiger partial charge in [0.1, 0.15) is 0 Å². The number of carbonyl (C=O) groups is 1. The lowest BCUT2D eigenvalue weighted by molar-refractivity contribution is -0.116. The first kappa shape index (κ1) is 18.1. The molecule has 0 saturated heterocycles. The average Bonchev–Trinajstić information content (AvgIpc) is 3.07. The van der Waals surface area contributed by atoms with Gasteiger partial charge in [-0.25, -0.2) is 0 Å². The second-order valence-electron chi connectivity index (χ2n) is 6.38. The molecular weight excluding hydrogens is 376 g/mol. The molecule has 1 aliphatic heterocycles. The van der Waals surface area contributed by atoms with Gasteiger partial charge in [0.2, 0.25) is 5.91 Å². The van der Waals surface area contributed by atoms with Crippen LogP contribution in [-0.4, -0.2) is 38.7 Å². The summed E-state index contributed by atoms with van der Waals surface area (Å²) in [5, 5.41) is 9.33. The van der Waals surface area contributed by atoms with Crippen molar-refractivity contribution in [2.75, 3.05) is 23.0 Å². The number of carbonyl (C=O) groups excluding carboxylic acids is 1. The summed E-state index contributed by atoms with van der Waals surface area (Å²) in [7, 11) is 1.94. The van der Waals surface area contributed by atoms with Crippen molar-refractivity contribution in [1.29, 1.82) is 0 Å². The van der Waals surface area contributed by atoms with Gasteiger partial charge < -0.3 is 9.47 Å². The zero-order valence-corrected chi connectivity index (χ0v) is 16.9. The molecular formula is C20H20N4OS2. The number of fused-ring (bicyclic) bond motifs is 1. The van der Waals surface area contributed by atoms with E-state index in [0.29, 0.717) is 5.75 Å². The summed E-state index contributed by atoms with van der Waals surface area (Å²) in [5.41, 5.74) is 3.24. The maximum Gasteiger partial charge on any atom is 0.237 e. The molecule has 0 bridgehead atoms. The number of aromatic nitrogens is 3. The number of thioether (sulfide) groups is 2. The SMILES string of the molecule is Cc1ccc(-c2nnc(SCC(=O)N3CCSc4ccccc43)n2C)cc1. The molecule has 4 rings (SSSR count). The average molecular weight is 397 g/mol. The first-order chi connectivity index (χ1) is 13.1. The molecule has 3 aromatic rings. The molecule has 2 aromatic carbocycles. The molecule has 1 aromatic heterocycles. The summed E-state index contributed by atoms with van der Waals surface area (Å²) < 4.78 is 1.95. The first-order valence-electron chi connectivity index (χ1n) is 8.75. The summed E-state index contributed by atoms with van der Waals surface area (Å²) >= 11 is 3.23. The minimum atomic E-state index is 0.104. The number of nitrogens with zero attached hydrogens (tertiary/aromatic N) is 4. The van der Waals surface area contributed by atoms with Crippen LogP contribution in [0.25, 0.3) is 11.4 Å². The van der Waals surface area contributed by atoms with Crippen molar-refractivity contribution in [2.24, 2.45) is 7.05 Å². The van der Waals surface area contributed by atoms with Crippen LogP contribution in [0.3, 0.4) is 0 Å². The topological polar surface area (TPSA) is 51.0 Å². The van der Waals surface area contributed by atoms with E-state index < -0.39 is 0 Å². The van der Waals surface area contributed by atoms with Crippen LogP contribution in [0.5, 0.6) is 0 Å². The van der Waals surface area contributed by atoms with Gasteiger partial charge in [-0.15, -0.1) is 22.0 Å². The zero-order chi connectivity index (χ0) is 18.8. The molecule has 7 heteroatoms. The molecule has 0 aliphatic carbocycles. The fourth-order valence-electron chi connectivity index (χ4n) is 3.03. The minimum Gasteiger partial charge on any atom is -0.310 e. The Labute approximate surface area is 167 Å². The van der Waals surface area contributed by atoms with Gasteiger partial charge in [0.15, 0.2) is 11.0 Å². The van der Waals surface area contributed by atoms with Crippen molar-refractivity contribution in [3.8, 4) is 11.4 Å². The lowest BCUT2D eigenvalue weighted by atomic mass is 10.1. The van der Waals surface area contributed by atoms with Crippen LogP contribution in [0.1, 0.15) is 5.56 Å². The molecule has 0 atom stereocenters. The Balaban J connectivity index is 1.47. The predicted molar refractivity (Wildman–Crippen MR) is 111 cm³/mol. The van der Waals surface area contributed by atoms with Crippen LogP contribution < -0.4 is 4.90 Å². The second kappa shape index (κ2) is 7.78. The number of benzene rings is 2. The Morgan fingerprint density at radius 3 is 2.74 bits per heavy atom. The van der Waals surface area contributed by atoms with Crippen LogP contribution in [0.15, 0.2) is 58.6 Å². The molecule has 1 amide bonds. The Morgan fingerprint density at radius 1 is 1.15 bits per heavy atom. The van der Waals surface area contributed by atoms with Crippen molar-refractivity contribution in [2.45, 2.75) is 17.0 Å². The van der Waals surface area contributed by atoms with Crippen LogP contribution in [0, 0.1) is 6.92 Å². The van der Waals surface area contributed by atoms with Gasteiger partial charge in [-0.3, -0.25) is 4.79 Å². The molecule has 1 aliphatic rings. The number of hydrogen-bond acceptors (Lipinski definition) is 5.